The first-order valence-electron chi connectivity index (χ1n) is 4.30. The van der Waals surface area contributed by atoms with Gasteiger partial charge < -0.3 is 0 Å². The summed E-state index contributed by atoms with van der Waals surface area (Å²) in [6, 6.07) is 3.10. The summed E-state index contributed by atoms with van der Waals surface area (Å²) < 4.78 is 61.9. The number of nitro groups is 1. The second kappa shape index (κ2) is 4.27. The van der Waals surface area contributed by atoms with Crippen molar-refractivity contribution in [2.45, 2.75) is 18.6 Å². The first-order chi connectivity index (χ1) is 7.64. The summed E-state index contributed by atoms with van der Waals surface area (Å²) in [6.07, 6.45) is -5.72. The third-order valence-electron chi connectivity index (χ3n) is 1.96. The van der Waals surface area contributed by atoms with Crippen molar-refractivity contribution in [2.75, 3.05) is 0 Å². The highest BCUT2D eigenvalue weighted by atomic mass is 19.4. The monoisotopic (exact) mass is 255 g/mol. The highest BCUT2D eigenvalue weighted by molar-refractivity contribution is 5.27. The summed E-state index contributed by atoms with van der Waals surface area (Å²) >= 11 is 0. The molecule has 0 fully saturated rings. The van der Waals surface area contributed by atoms with Gasteiger partial charge in [-0.2, -0.15) is 22.0 Å². The molecule has 0 saturated heterocycles. The van der Waals surface area contributed by atoms with Crippen LogP contribution < -0.4 is 0 Å². The maximum atomic E-state index is 12.9. The van der Waals surface area contributed by atoms with Gasteiger partial charge in [-0.25, -0.2) is 0 Å². The molecule has 0 N–H and O–H groups in total. The number of rotatable bonds is 3. The van der Waals surface area contributed by atoms with Gasteiger partial charge in [0, 0.05) is 16.1 Å². The molecule has 0 bridgehead atoms. The van der Waals surface area contributed by atoms with E-state index in [2.05, 4.69) is 0 Å². The molecule has 0 aliphatic heterocycles. The molecular formula is C9H6F5NO2. The maximum absolute atomic E-state index is 12.9. The zero-order valence-electron chi connectivity index (χ0n) is 8.17. The minimum absolute atomic E-state index is 0.212. The van der Waals surface area contributed by atoms with Gasteiger partial charge in [-0.15, -0.1) is 0 Å². The predicted octanol–water partition coefficient (Wildman–Crippen LogP) is 3.12. The second-order valence-electron chi connectivity index (χ2n) is 3.26. The topological polar surface area (TPSA) is 43.1 Å². The van der Waals surface area contributed by atoms with Gasteiger partial charge in [0.25, 0.3) is 0 Å². The van der Waals surface area contributed by atoms with Crippen LogP contribution in [-0.2, 0) is 12.5 Å². The summed E-state index contributed by atoms with van der Waals surface area (Å²) in [4.78, 5) is 9.31. The average Bonchev–Trinajstić information content (AvgIpc) is 2.15. The Labute approximate surface area is 92.0 Å². The zero-order chi connectivity index (χ0) is 13.3. The predicted molar refractivity (Wildman–Crippen MR) is 47.1 cm³/mol. The van der Waals surface area contributed by atoms with Crippen LogP contribution in [0.2, 0.25) is 0 Å². The standard InChI is InChI=1S/C9H6F5NO2/c10-8(11,9(12,13)14)7-3-1-2-6(4-7)5-15(16)17/h1-4H,5H2. The fraction of sp³-hybridized carbons (Fsp3) is 0.333. The number of hydrogen-bond donors (Lipinski definition) is 0. The molecule has 0 saturated carbocycles. The molecular weight excluding hydrogens is 249 g/mol. The Morgan fingerprint density at radius 1 is 1.18 bits per heavy atom. The molecule has 0 unspecified atom stereocenters. The number of nitrogens with zero attached hydrogens (tertiary/aromatic N) is 1. The van der Waals surface area contributed by atoms with Crippen molar-refractivity contribution in [3.05, 3.63) is 45.5 Å². The van der Waals surface area contributed by atoms with Crippen LogP contribution in [0, 0.1) is 10.1 Å². The third kappa shape index (κ3) is 2.89. The minimum Gasteiger partial charge on any atom is -0.264 e. The van der Waals surface area contributed by atoms with Crippen LogP contribution in [-0.4, -0.2) is 11.1 Å². The highest BCUT2D eigenvalue weighted by Crippen LogP contribution is 2.43. The summed E-state index contributed by atoms with van der Waals surface area (Å²) in [7, 11) is 0. The Hall–Kier alpha value is -1.73. The smallest absolute Gasteiger partial charge is 0.264 e. The molecule has 1 rings (SSSR count). The van der Waals surface area contributed by atoms with E-state index in [0.29, 0.717) is 12.1 Å². The summed E-state index contributed by atoms with van der Waals surface area (Å²) in [5, 5.41) is 10.1. The van der Waals surface area contributed by atoms with E-state index in [1.54, 1.807) is 0 Å². The summed E-state index contributed by atoms with van der Waals surface area (Å²) in [5.41, 5.74) is -1.51. The minimum atomic E-state index is -5.72. The van der Waals surface area contributed by atoms with Crippen LogP contribution >= 0.6 is 0 Å². The van der Waals surface area contributed by atoms with E-state index in [0.717, 1.165) is 12.1 Å². The van der Waals surface area contributed by atoms with E-state index in [4.69, 9.17) is 0 Å². The quantitative estimate of drug-likeness (QED) is 0.473. The molecule has 17 heavy (non-hydrogen) atoms. The summed E-state index contributed by atoms with van der Waals surface area (Å²) in [5.74, 6) is -5.01. The van der Waals surface area contributed by atoms with E-state index < -0.39 is 29.1 Å². The van der Waals surface area contributed by atoms with Crippen molar-refractivity contribution < 1.29 is 26.9 Å². The molecule has 0 spiro atoms. The Morgan fingerprint density at radius 2 is 1.76 bits per heavy atom. The highest BCUT2D eigenvalue weighted by Gasteiger charge is 2.58. The van der Waals surface area contributed by atoms with Crippen molar-refractivity contribution in [1.82, 2.24) is 0 Å². The lowest BCUT2D eigenvalue weighted by molar-refractivity contribution is -0.496. The lowest BCUT2D eigenvalue weighted by Crippen LogP contribution is -2.33. The number of halogens is 5. The van der Waals surface area contributed by atoms with Crippen molar-refractivity contribution in [2.24, 2.45) is 0 Å². The fourth-order valence-corrected chi connectivity index (χ4v) is 1.18. The van der Waals surface area contributed by atoms with E-state index in [9.17, 15) is 32.1 Å². The van der Waals surface area contributed by atoms with Gasteiger partial charge in [0.15, 0.2) is 0 Å². The molecule has 1 aromatic rings. The van der Waals surface area contributed by atoms with Gasteiger partial charge in [0.1, 0.15) is 0 Å². The SMILES string of the molecule is O=[N+]([O-])Cc1cccc(C(F)(F)C(F)(F)F)c1. The van der Waals surface area contributed by atoms with Crippen molar-refractivity contribution in [3.63, 3.8) is 0 Å². The molecule has 1 aromatic carbocycles. The molecule has 94 valence electrons. The van der Waals surface area contributed by atoms with E-state index in [1.807, 2.05) is 0 Å². The maximum Gasteiger partial charge on any atom is 0.458 e. The second-order valence-corrected chi connectivity index (χ2v) is 3.26. The third-order valence-corrected chi connectivity index (χ3v) is 1.96. The molecule has 0 aliphatic rings. The van der Waals surface area contributed by atoms with Gasteiger partial charge in [-0.05, 0) is 6.07 Å². The van der Waals surface area contributed by atoms with E-state index in [-0.39, 0.29) is 5.56 Å². The van der Waals surface area contributed by atoms with E-state index >= 15 is 0 Å². The fourth-order valence-electron chi connectivity index (χ4n) is 1.18. The average molecular weight is 255 g/mol. The van der Waals surface area contributed by atoms with Gasteiger partial charge in [0.05, 0.1) is 0 Å². The molecule has 0 radical (unpaired) electrons. The summed E-state index contributed by atoms with van der Waals surface area (Å²) in [6.45, 7) is -0.804. The Kier molecular flexibility index (Phi) is 3.35. The number of alkyl halides is 5. The molecule has 0 aliphatic carbocycles. The van der Waals surface area contributed by atoms with Crippen LogP contribution in [0.3, 0.4) is 0 Å². The van der Waals surface area contributed by atoms with Gasteiger partial charge in [-0.3, -0.25) is 10.1 Å². The molecule has 0 amide bonds. The normalized spacial score (nSPS) is 12.5. The van der Waals surface area contributed by atoms with Crippen LogP contribution in [0.15, 0.2) is 24.3 Å². The van der Waals surface area contributed by atoms with Crippen LogP contribution in [0.1, 0.15) is 11.1 Å². The van der Waals surface area contributed by atoms with Crippen molar-refractivity contribution >= 4 is 0 Å². The van der Waals surface area contributed by atoms with Crippen LogP contribution in [0.5, 0.6) is 0 Å². The first-order valence-corrected chi connectivity index (χ1v) is 4.30. The van der Waals surface area contributed by atoms with Gasteiger partial charge in [-0.1, -0.05) is 18.2 Å². The molecule has 0 heterocycles. The molecule has 0 atom stereocenters. The van der Waals surface area contributed by atoms with Crippen LogP contribution in [0.4, 0.5) is 22.0 Å². The zero-order valence-corrected chi connectivity index (χ0v) is 8.17. The van der Waals surface area contributed by atoms with Crippen molar-refractivity contribution in [3.8, 4) is 0 Å². The lowest BCUT2D eigenvalue weighted by atomic mass is 10.0. The van der Waals surface area contributed by atoms with Gasteiger partial charge >= 0.3 is 12.1 Å². The molecule has 0 aromatic heterocycles. The Balaban J connectivity index is 3.11. The number of hydrogen-bond acceptors (Lipinski definition) is 2. The Bertz CT molecular complexity index is 430. The number of benzene rings is 1. The first kappa shape index (κ1) is 13.3. The van der Waals surface area contributed by atoms with Crippen LogP contribution in [0.25, 0.3) is 0 Å². The molecule has 8 heteroatoms. The van der Waals surface area contributed by atoms with E-state index in [1.165, 1.54) is 0 Å². The molecule has 3 nitrogen and oxygen atoms in total. The lowest BCUT2D eigenvalue weighted by Gasteiger charge is -2.19. The van der Waals surface area contributed by atoms with Crippen molar-refractivity contribution in [1.29, 1.82) is 0 Å². The largest absolute Gasteiger partial charge is 0.458 e. The Morgan fingerprint density at radius 3 is 2.24 bits per heavy atom. The van der Waals surface area contributed by atoms with Gasteiger partial charge in [0.2, 0.25) is 6.54 Å².